The molecule has 0 amide bonds. The van der Waals surface area contributed by atoms with Gasteiger partial charge in [-0.15, -0.1) is 0 Å². The Kier molecular flexibility index (Phi) is 6.27. The Morgan fingerprint density at radius 3 is 2.52 bits per heavy atom. The van der Waals surface area contributed by atoms with Crippen LogP contribution in [-0.2, 0) is 13.1 Å². The zero-order chi connectivity index (χ0) is 19.2. The number of aliphatic hydroxyl groups excluding tert-OH is 1. The Morgan fingerprint density at radius 2 is 1.85 bits per heavy atom. The highest BCUT2D eigenvalue weighted by Crippen LogP contribution is 2.27. The first-order valence-corrected chi connectivity index (χ1v) is 9.09. The molecule has 5 heteroatoms. The molecule has 1 N–H and O–H groups in total. The van der Waals surface area contributed by atoms with Gasteiger partial charge in [0.1, 0.15) is 11.5 Å². The van der Waals surface area contributed by atoms with Crippen molar-refractivity contribution in [3.63, 3.8) is 0 Å². The van der Waals surface area contributed by atoms with Crippen molar-refractivity contribution in [2.24, 2.45) is 0 Å². The number of nitrogens with zero attached hydrogens (tertiary/aromatic N) is 2. The predicted molar refractivity (Wildman–Crippen MR) is 106 cm³/mol. The first-order valence-electron chi connectivity index (χ1n) is 9.09. The van der Waals surface area contributed by atoms with E-state index in [1.807, 2.05) is 50.2 Å². The van der Waals surface area contributed by atoms with Gasteiger partial charge in [0.05, 0.1) is 19.4 Å². The van der Waals surface area contributed by atoms with Crippen LogP contribution in [-0.4, -0.2) is 35.3 Å². The summed E-state index contributed by atoms with van der Waals surface area (Å²) >= 11 is 0. The number of hydrogen-bond donors (Lipinski definition) is 1. The second kappa shape index (κ2) is 8.84. The molecule has 0 atom stereocenters. The van der Waals surface area contributed by atoms with E-state index in [0.29, 0.717) is 19.0 Å². The molecule has 0 fully saturated rings. The molecule has 27 heavy (non-hydrogen) atoms. The maximum absolute atomic E-state index is 9.43. The average molecular weight is 366 g/mol. The lowest BCUT2D eigenvalue weighted by Crippen LogP contribution is -2.26. The Morgan fingerprint density at radius 1 is 1.07 bits per heavy atom. The van der Waals surface area contributed by atoms with Crippen molar-refractivity contribution in [2.75, 3.05) is 20.3 Å². The van der Waals surface area contributed by atoms with Gasteiger partial charge in [0, 0.05) is 25.2 Å². The summed E-state index contributed by atoms with van der Waals surface area (Å²) in [5, 5.41) is 9.43. The van der Waals surface area contributed by atoms with Crippen LogP contribution in [0.2, 0.25) is 0 Å². The van der Waals surface area contributed by atoms with Crippen LogP contribution >= 0.6 is 0 Å². The van der Waals surface area contributed by atoms with Crippen molar-refractivity contribution in [1.82, 2.24) is 9.88 Å². The van der Waals surface area contributed by atoms with Gasteiger partial charge in [0.2, 0.25) is 5.89 Å². The quantitative estimate of drug-likeness (QED) is 0.654. The third-order valence-corrected chi connectivity index (χ3v) is 4.57. The number of aromatic nitrogens is 1. The molecule has 0 aliphatic heterocycles. The Labute approximate surface area is 160 Å². The molecule has 0 aliphatic carbocycles. The van der Waals surface area contributed by atoms with Crippen LogP contribution in [0.3, 0.4) is 0 Å². The summed E-state index contributed by atoms with van der Waals surface area (Å²) in [5.41, 5.74) is 4.07. The second-order valence-electron chi connectivity index (χ2n) is 6.63. The van der Waals surface area contributed by atoms with Crippen LogP contribution in [0.5, 0.6) is 5.75 Å². The molecule has 0 radical (unpaired) electrons. The average Bonchev–Trinajstić information content (AvgIpc) is 3.03. The van der Waals surface area contributed by atoms with Gasteiger partial charge in [-0.05, 0) is 43.2 Å². The minimum absolute atomic E-state index is 0.105. The van der Waals surface area contributed by atoms with Gasteiger partial charge in [-0.2, -0.15) is 0 Å². The first kappa shape index (κ1) is 19.1. The second-order valence-corrected chi connectivity index (χ2v) is 6.63. The molecular weight excluding hydrogens is 340 g/mol. The summed E-state index contributed by atoms with van der Waals surface area (Å²) in [4.78, 5) is 6.88. The van der Waals surface area contributed by atoms with E-state index in [2.05, 4.69) is 17.0 Å². The third kappa shape index (κ3) is 4.76. The monoisotopic (exact) mass is 366 g/mol. The van der Waals surface area contributed by atoms with E-state index in [9.17, 15) is 5.11 Å². The van der Waals surface area contributed by atoms with Crippen molar-refractivity contribution < 1.29 is 14.3 Å². The van der Waals surface area contributed by atoms with Crippen LogP contribution in [0.4, 0.5) is 0 Å². The van der Waals surface area contributed by atoms with Gasteiger partial charge in [-0.3, -0.25) is 4.90 Å². The maximum Gasteiger partial charge on any atom is 0.226 e. The molecule has 0 saturated carbocycles. The number of methoxy groups -OCH3 is 1. The smallest absolute Gasteiger partial charge is 0.226 e. The SMILES string of the molecule is COc1ccc(-c2nc(CN(CCO)Cc3ccccc3)c(C)o2)cc1C. The molecule has 2 aromatic carbocycles. The van der Waals surface area contributed by atoms with Crippen LogP contribution < -0.4 is 4.74 Å². The number of benzene rings is 2. The molecule has 142 valence electrons. The normalized spacial score (nSPS) is 11.1. The summed E-state index contributed by atoms with van der Waals surface area (Å²) in [6, 6.07) is 16.1. The Hall–Kier alpha value is -2.63. The maximum atomic E-state index is 9.43. The standard InChI is InChI=1S/C22H26N2O3/c1-16-13-19(9-10-21(16)26-3)22-23-20(17(2)27-22)15-24(11-12-25)14-18-7-5-4-6-8-18/h4-10,13,25H,11-12,14-15H2,1-3H3. The van der Waals surface area contributed by atoms with E-state index >= 15 is 0 Å². The largest absolute Gasteiger partial charge is 0.496 e. The summed E-state index contributed by atoms with van der Waals surface area (Å²) in [7, 11) is 1.66. The van der Waals surface area contributed by atoms with Gasteiger partial charge < -0.3 is 14.3 Å². The van der Waals surface area contributed by atoms with E-state index in [1.54, 1.807) is 7.11 Å². The van der Waals surface area contributed by atoms with E-state index in [-0.39, 0.29) is 6.61 Å². The number of hydrogen-bond acceptors (Lipinski definition) is 5. The highest BCUT2D eigenvalue weighted by Gasteiger charge is 2.16. The van der Waals surface area contributed by atoms with Crippen molar-refractivity contribution >= 4 is 0 Å². The van der Waals surface area contributed by atoms with E-state index in [4.69, 9.17) is 14.1 Å². The van der Waals surface area contributed by atoms with Crippen molar-refractivity contribution in [3.8, 4) is 17.2 Å². The zero-order valence-electron chi connectivity index (χ0n) is 16.1. The van der Waals surface area contributed by atoms with Gasteiger partial charge in [-0.25, -0.2) is 4.98 Å². The van der Waals surface area contributed by atoms with E-state index in [1.165, 1.54) is 5.56 Å². The number of aryl methyl sites for hydroxylation is 2. The summed E-state index contributed by atoms with van der Waals surface area (Å²) in [5.74, 6) is 2.26. The van der Waals surface area contributed by atoms with Gasteiger partial charge in [0.15, 0.2) is 0 Å². The van der Waals surface area contributed by atoms with Crippen LogP contribution in [0, 0.1) is 13.8 Å². The Bertz CT molecular complexity index is 875. The first-order chi connectivity index (χ1) is 13.1. The molecule has 1 heterocycles. The number of oxazole rings is 1. The lowest BCUT2D eigenvalue weighted by molar-refractivity contribution is 0.182. The van der Waals surface area contributed by atoms with Crippen LogP contribution in [0.25, 0.3) is 11.5 Å². The van der Waals surface area contributed by atoms with Crippen LogP contribution in [0.15, 0.2) is 52.9 Å². The number of aliphatic hydroxyl groups is 1. The highest BCUT2D eigenvalue weighted by molar-refractivity contribution is 5.57. The minimum atomic E-state index is 0.105. The molecule has 5 nitrogen and oxygen atoms in total. The summed E-state index contributed by atoms with van der Waals surface area (Å²) < 4.78 is 11.2. The third-order valence-electron chi connectivity index (χ3n) is 4.57. The summed E-state index contributed by atoms with van der Waals surface area (Å²) in [6.07, 6.45) is 0. The lowest BCUT2D eigenvalue weighted by atomic mass is 10.1. The molecule has 3 aromatic rings. The fourth-order valence-electron chi connectivity index (χ4n) is 3.12. The van der Waals surface area contributed by atoms with Gasteiger partial charge >= 0.3 is 0 Å². The molecule has 1 aromatic heterocycles. The number of ether oxygens (including phenoxy) is 1. The number of rotatable bonds is 8. The fraction of sp³-hybridized carbons (Fsp3) is 0.318. The minimum Gasteiger partial charge on any atom is -0.496 e. The molecule has 0 aliphatic rings. The van der Waals surface area contributed by atoms with Gasteiger partial charge in [0.25, 0.3) is 0 Å². The topological polar surface area (TPSA) is 58.7 Å². The van der Waals surface area contributed by atoms with Gasteiger partial charge in [-0.1, -0.05) is 30.3 Å². The van der Waals surface area contributed by atoms with E-state index < -0.39 is 0 Å². The fourth-order valence-corrected chi connectivity index (χ4v) is 3.12. The molecule has 0 bridgehead atoms. The van der Waals surface area contributed by atoms with Crippen molar-refractivity contribution in [2.45, 2.75) is 26.9 Å². The molecular formula is C22H26N2O3. The highest BCUT2D eigenvalue weighted by atomic mass is 16.5. The summed E-state index contributed by atoms with van der Waals surface area (Å²) in [6.45, 7) is 6.00. The van der Waals surface area contributed by atoms with Crippen molar-refractivity contribution in [3.05, 3.63) is 71.1 Å². The molecule has 0 saturated heterocycles. The Balaban J connectivity index is 1.79. The van der Waals surface area contributed by atoms with E-state index in [0.717, 1.165) is 34.9 Å². The zero-order valence-corrected chi connectivity index (χ0v) is 16.1. The molecule has 0 unspecified atom stereocenters. The molecule has 0 spiro atoms. The van der Waals surface area contributed by atoms with Crippen molar-refractivity contribution in [1.29, 1.82) is 0 Å². The predicted octanol–water partition coefficient (Wildman–Crippen LogP) is 3.96. The lowest BCUT2D eigenvalue weighted by Gasteiger charge is -2.20. The van der Waals surface area contributed by atoms with Crippen LogP contribution in [0.1, 0.15) is 22.6 Å². The molecule has 3 rings (SSSR count).